The normalized spacial score (nSPS) is 13.8. The Morgan fingerprint density at radius 3 is 2.68 bits per heavy atom. The molecule has 0 atom stereocenters. The second-order valence-electron chi connectivity index (χ2n) is 9.17. The fourth-order valence-corrected chi connectivity index (χ4v) is 4.38. The minimum atomic E-state index is -0.457. The third-order valence-electron chi connectivity index (χ3n) is 6.42. The Hall–Kier alpha value is -4.16. The maximum atomic E-state index is 12.5. The van der Waals surface area contributed by atoms with E-state index in [4.69, 9.17) is 9.47 Å². The number of imidazole rings is 1. The maximum Gasteiger partial charge on any atom is 0.306 e. The van der Waals surface area contributed by atoms with Gasteiger partial charge in [0.05, 0.1) is 26.0 Å². The summed E-state index contributed by atoms with van der Waals surface area (Å²) in [6.07, 6.45) is 9.40. The number of hydrogen-bond donors (Lipinski definition) is 2. The Balaban J connectivity index is 1.18. The molecule has 1 aliphatic rings. The summed E-state index contributed by atoms with van der Waals surface area (Å²) in [4.78, 5) is 33.4. The lowest BCUT2D eigenvalue weighted by atomic mass is 10.0. The monoisotopic (exact) mass is 515 g/mol. The van der Waals surface area contributed by atoms with E-state index < -0.39 is 5.91 Å². The van der Waals surface area contributed by atoms with Gasteiger partial charge in [-0.1, -0.05) is 18.2 Å². The number of piperidine rings is 1. The van der Waals surface area contributed by atoms with Gasteiger partial charge in [0.1, 0.15) is 18.2 Å². The van der Waals surface area contributed by atoms with Crippen molar-refractivity contribution >= 4 is 34.4 Å². The lowest BCUT2D eigenvalue weighted by Crippen LogP contribution is -2.29. The van der Waals surface area contributed by atoms with E-state index in [1.54, 1.807) is 18.6 Å². The molecule has 0 aliphatic carbocycles. The first kappa shape index (κ1) is 26.9. The third-order valence-corrected chi connectivity index (χ3v) is 6.42. The molecule has 0 unspecified atom stereocenters. The average molecular weight is 516 g/mol. The van der Waals surface area contributed by atoms with E-state index in [2.05, 4.69) is 38.4 Å². The van der Waals surface area contributed by atoms with Crippen molar-refractivity contribution in [1.82, 2.24) is 15.3 Å². The number of carbonyl (C=O) groups excluding carboxylic acids is 2. The van der Waals surface area contributed by atoms with Crippen LogP contribution in [0.25, 0.3) is 16.8 Å². The van der Waals surface area contributed by atoms with Gasteiger partial charge in [-0.3, -0.25) is 9.59 Å². The summed E-state index contributed by atoms with van der Waals surface area (Å²) in [5, 5.41) is 14.4. The quantitative estimate of drug-likeness (QED) is 0.163. The molecule has 9 nitrogen and oxygen atoms in total. The van der Waals surface area contributed by atoms with E-state index in [1.807, 2.05) is 24.3 Å². The van der Waals surface area contributed by atoms with Crippen LogP contribution in [0.15, 0.2) is 54.5 Å². The predicted molar refractivity (Wildman–Crippen MR) is 145 cm³/mol. The number of anilines is 1. The Morgan fingerprint density at radius 2 is 1.89 bits per heavy atom. The molecule has 1 fully saturated rings. The molecule has 0 spiro atoms. The van der Waals surface area contributed by atoms with Crippen molar-refractivity contribution in [2.45, 2.75) is 32.1 Å². The Morgan fingerprint density at radius 1 is 1.08 bits per heavy atom. The van der Waals surface area contributed by atoms with E-state index in [-0.39, 0.29) is 44.3 Å². The van der Waals surface area contributed by atoms with Crippen molar-refractivity contribution < 1.29 is 19.1 Å². The van der Waals surface area contributed by atoms with Gasteiger partial charge in [-0.2, -0.15) is 5.26 Å². The second kappa shape index (κ2) is 14.0. The largest absolute Gasteiger partial charge is 0.463 e. The fraction of sp³-hybridized carbons (Fsp3) is 0.379. The van der Waals surface area contributed by atoms with Gasteiger partial charge in [0.15, 0.2) is 0 Å². The number of hydrogen-bond acceptors (Lipinski definition) is 7. The molecule has 2 aromatic carbocycles. The van der Waals surface area contributed by atoms with E-state index in [0.29, 0.717) is 6.42 Å². The van der Waals surface area contributed by atoms with Crippen LogP contribution in [-0.2, 0) is 25.5 Å². The van der Waals surface area contributed by atoms with Gasteiger partial charge < -0.3 is 24.7 Å². The highest BCUT2D eigenvalue weighted by Crippen LogP contribution is 2.26. The van der Waals surface area contributed by atoms with Crippen LogP contribution in [0.2, 0.25) is 0 Å². The summed E-state index contributed by atoms with van der Waals surface area (Å²) in [5.74, 6) is -0.765. The average Bonchev–Trinajstić information content (AvgIpc) is 3.48. The fourth-order valence-electron chi connectivity index (χ4n) is 4.38. The molecule has 3 aromatic rings. The smallest absolute Gasteiger partial charge is 0.306 e. The molecule has 198 valence electrons. The molecular weight excluding hydrogens is 482 g/mol. The standard InChI is InChI=1S/C29H33N5O4/c30-19-25(29(36)32-10-13-37-14-15-38-28(35)9-7-26-20-31-21-33-26)17-22-4-5-24-18-27(8-6-23(24)16-22)34-11-2-1-3-12-34/h4-6,8,16-18,20-21H,1-3,7,9-15H2,(H,31,33)(H,32,36)/b25-17+. The number of aromatic nitrogens is 2. The molecule has 9 heteroatoms. The summed E-state index contributed by atoms with van der Waals surface area (Å²) in [7, 11) is 0. The van der Waals surface area contributed by atoms with Crippen LogP contribution >= 0.6 is 0 Å². The zero-order chi connectivity index (χ0) is 26.6. The number of amides is 1. The lowest BCUT2D eigenvalue weighted by molar-refractivity contribution is -0.145. The van der Waals surface area contributed by atoms with Gasteiger partial charge in [0.25, 0.3) is 5.91 Å². The van der Waals surface area contributed by atoms with Crippen LogP contribution in [0.3, 0.4) is 0 Å². The van der Waals surface area contributed by atoms with Crippen molar-refractivity contribution in [3.05, 3.63) is 65.8 Å². The molecule has 2 heterocycles. The SMILES string of the molecule is N#C/C(=C\c1ccc2cc(N3CCCCC3)ccc2c1)C(=O)NCCOCCOC(=O)CCc1cnc[nH]1. The zero-order valence-electron chi connectivity index (χ0n) is 21.4. The lowest BCUT2D eigenvalue weighted by Gasteiger charge is -2.29. The zero-order valence-corrected chi connectivity index (χ0v) is 21.4. The van der Waals surface area contributed by atoms with Gasteiger partial charge in [0, 0.05) is 37.2 Å². The van der Waals surface area contributed by atoms with Crippen molar-refractivity contribution in [3.63, 3.8) is 0 Å². The number of esters is 1. The van der Waals surface area contributed by atoms with Crippen LogP contribution in [0.1, 0.15) is 36.9 Å². The van der Waals surface area contributed by atoms with Crippen LogP contribution < -0.4 is 10.2 Å². The topological polar surface area (TPSA) is 120 Å². The molecule has 0 saturated carbocycles. The molecule has 2 N–H and O–H groups in total. The Kier molecular flexibility index (Phi) is 9.88. The maximum absolute atomic E-state index is 12.5. The summed E-state index contributed by atoms with van der Waals surface area (Å²) >= 11 is 0. The highest BCUT2D eigenvalue weighted by Gasteiger charge is 2.12. The van der Waals surface area contributed by atoms with Gasteiger partial charge >= 0.3 is 5.97 Å². The van der Waals surface area contributed by atoms with E-state index in [9.17, 15) is 14.9 Å². The molecule has 1 saturated heterocycles. The number of nitrogens with zero attached hydrogens (tertiary/aromatic N) is 3. The molecular formula is C29H33N5O4. The molecule has 1 amide bonds. The third kappa shape index (κ3) is 7.92. The number of nitrogens with one attached hydrogen (secondary N) is 2. The van der Waals surface area contributed by atoms with Crippen molar-refractivity contribution in [3.8, 4) is 6.07 Å². The van der Waals surface area contributed by atoms with Gasteiger partial charge in [0.2, 0.25) is 0 Å². The van der Waals surface area contributed by atoms with E-state index in [1.165, 1.54) is 24.9 Å². The van der Waals surface area contributed by atoms with Crippen molar-refractivity contribution in [2.24, 2.45) is 0 Å². The van der Waals surface area contributed by atoms with E-state index in [0.717, 1.165) is 35.1 Å². The van der Waals surface area contributed by atoms with Crippen molar-refractivity contribution in [2.75, 3.05) is 44.4 Å². The first-order chi connectivity index (χ1) is 18.6. The summed E-state index contributed by atoms with van der Waals surface area (Å²) < 4.78 is 10.5. The summed E-state index contributed by atoms with van der Waals surface area (Å²) in [6, 6.07) is 14.4. The summed E-state index contributed by atoms with van der Waals surface area (Å²) in [6.45, 7) is 3.04. The minimum absolute atomic E-state index is 0.0282. The van der Waals surface area contributed by atoms with Crippen LogP contribution in [0.5, 0.6) is 0 Å². The van der Waals surface area contributed by atoms with E-state index >= 15 is 0 Å². The number of benzene rings is 2. The number of H-pyrrole nitrogens is 1. The number of aryl methyl sites for hydroxylation is 1. The van der Waals surface area contributed by atoms with Crippen LogP contribution in [-0.4, -0.2) is 61.3 Å². The van der Waals surface area contributed by atoms with Gasteiger partial charge in [-0.25, -0.2) is 4.98 Å². The molecule has 0 bridgehead atoms. The Bertz CT molecular complexity index is 1290. The number of carbonyl (C=O) groups is 2. The molecule has 0 radical (unpaired) electrons. The minimum Gasteiger partial charge on any atom is -0.463 e. The first-order valence-electron chi connectivity index (χ1n) is 13.0. The molecule has 38 heavy (non-hydrogen) atoms. The van der Waals surface area contributed by atoms with Gasteiger partial charge in [-0.05, 0) is 66.3 Å². The van der Waals surface area contributed by atoms with Crippen LogP contribution in [0, 0.1) is 11.3 Å². The molecule has 1 aliphatic heterocycles. The highest BCUT2D eigenvalue weighted by atomic mass is 16.6. The number of fused-ring (bicyclic) bond motifs is 1. The van der Waals surface area contributed by atoms with Crippen LogP contribution in [0.4, 0.5) is 5.69 Å². The number of aromatic amines is 1. The molecule has 1 aromatic heterocycles. The Labute approximate surface area is 222 Å². The number of ether oxygens (including phenoxy) is 2. The van der Waals surface area contributed by atoms with Crippen molar-refractivity contribution in [1.29, 1.82) is 5.26 Å². The summed E-state index contributed by atoms with van der Waals surface area (Å²) in [5.41, 5.74) is 2.94. The predicted octanol–water partition coefficient (Wildman–Crippen LogP) is 3.77. The van der Waals surface area contributed by atoms with Gasteiger partial charge in [-0.15, -0.1) is 0 Å². The number of rotatable bonds is 12. The molecule has 4 rings (SSSR count). The number of nitriles is 1. The highest BCUT2D eigenvalue weighted by molar-refractivity contribution is 6.02. The first-order valence-corrected chi connectivity index (χ1v) is 13.0. The second-order valence-corrected chi connectivity index (χ2v) is 9.17.